The van der Waals surface area contributed by atoms with Crippen LogP contribution in [0.25, 0.3) is 0 Å². The fourth-order valence-corrected chi connectivity index (χ4v) is 1.52. The highest BCUT2D eigenvalue weighted by atomic mass is 16.2. The molecular weight excluding hydrogens is 230 g/mol. The summed E-state index contributed by atoms with van der Waals surface area (Å²) in [5.41, 5.74) is 7.19. The van der Waals surface area contributed by atoms with E-state index in [0.29, 0.717) is 12.5 Å². The molecule has 0 aliphatic heterocycles. The van der Waals surface area contributed by atoms with Gasteiger partial charge >= 0.3 is 6.03 Å². The van der Waals surface area contributed by atoms with Crippen LogP contribution in [0.5, 0.6) is 0 Å². The van der Waals surface area contributed by atoms with Gasteiger partial charge in [0.05, 0.1) is 6.54 Å². The largest absolute Gasteiger partial charge is 0.351 e. The third-order valence-electron chi connectivity index (χ3n) is 2.52. The van der Waals surface area contributed by atoms with Crippen LogP contribution in [-0.2, 0) is 11.3 Å². The van der Waals surface area contributed by atoms with Crippen LogP contribution in [0.2, 0.25) is 0 Å². The molecule has 0 aromatic heterocycles. The summed E-state index contributed by atoms with van der Waals surface area (Å²) in [5, 5.41) is 4.93. The molecular formula is C13H19N3O2. The Hall–Kier alpha value is -1.88. The minimum Gasteiger partial charge on any atom is -0.351 e. The molecule has 0 aliphatic carbocycles. The van der Waals surface area contributed by atoms with E-state index in [4.69, 9.17) is 5.73 Å². The number of urea groups is 1. The van der Waals surface area contributed by atoms with Crippen molar-refractivity contribution in [1.82, 2.24) is 10.6 Å². The maximum Gasteiger partial charge on any atom is 0.318 e. The number of nitrogens with one attached hydrogen (secondary N) is 2. The van der Waals surface area contributed by atoms with Crippen molar-refractivity contribution in [2.75, 3.05) is 6.54 Å². The molecule has 5 nitrogen and oxygen atoms in total. The number of carbonyl (C=O) groups is 2. The van der Waals surface area contributed by atoms with Crippen molar-refractivity contribution in [3.05, 3.63) is 35.4 Å². The van der Waals surface area contributed by atoms with Gasteiger partial charge in [0.2, 0.25) is 5.91 Å². The van der Waals surface area contributed by atoms with Crippen molar-refractivity contribution >= 4 is 11.9 Å². The summed E-state index contributed by atoms with van der Waals surface area (Å²) in [4.78, 5) is 21.5. The summed E-state index contributed by atoms with van der Waals surface area (Å²) in [5.74, 6) is 0.0784. The number of benzene rings is 1. The zero-order valence-corrected chi connectivity index (χ0v) is 10.7. The molecule has 0 aliphatic rings. The van der Waals surface area contributed by atoms with E-state index in [1.807, 2.05) is 17.4 Å². The van der Waals surface area contributed by atoms with E-state index in [1.54, 1.807) is 0 Å². The smallest absolute Gasteiger partial charge is 0.318 e. The van der Waals surface area contributed by atoms with Crippen molar-refractivity contribution in [2.45, 2.75) is 26.3 Å². The van der Waals surface area contributed by atoms with Gasteiger partial charge in [0.1, 0.15) is 0 Å². The molecule has 0 fully saturated rings. The van der Waals surface area contributed by atoms with Crippen LogP contribution in [-0.4, -0.2) is 18.5 Å². The van der Waals surface area contributed by atoms with Crippen molar-refractivity contribution in [3.8, 4) is 0 Å². The quantitative estimate of drug-likeness (QED) is 0.730. The van der Waals surface area contributed by atoms with E-state index in [1.165, 1.54) is 5.56 Å². The summed E-state index contributed by atoms with van der Waals surface area (Å²) in [6.07, 6.45) is 0. The Morgan fingerprint density at radius 2 is 1.83 bits per heavy atom. The molecule has 5 heteroatoms. The lowest BCUT2D eigenvalue weighted by atomic mass is 10.0. The molecule has 0 heterocycles. The van der Waals surface area contributed by atoms with Crippen LogP contribution in [0.15, 0.2) is 24.3 Å². The number of imide groups is 1. The second kappa shape index (κ2) is 6.76. The van der Waals surface area contributed by atoms with E-state index < -0.39 is 11.9 Å². The number of amides is 3. The van der Waals surface area contributed by atoms with Crippen molar-refractivity contribution in [2.24, 2.45) is 5.73 Å². The number of hydrogen-bond donors (Lipinski definition) is 3. The Morgan fingerprint density at radius 3 is 2.33 bits per heavy atom. The van der Waals surface area contributed by atoms with Crippen LogP contribution in [0.3, 0.4) is 0 Å². The van der Waals surface area contributed by atoms with Gasteiger partial charge in [0, 0.05) is 6.54 Å². The number of hydrogen-bond acceptors (Lipinski definition) is 3. The molecule has 98 valence electrons. The van der Waals surface area contributed by atoms with Crippen molar-refractivity contribution in [3.63, 3.8) is 0 Å². The fourth-order valence-electron chi connectivity index (χ4n) is 1.52. The van der Waals surface area contributed by atoms with Gasteiger partial charge in [-0.3, -0.25) is 10.1 Å². The van der Waals surface area contributed by atoms with Gasteiger partial charge in [-0.25, -0.2) is 4.79 Å². The van der Waals surface area contributed by atoms with Gasteiger partial charge in [0.25, 0.3) is 0 Å². The highest BCUT2D eigenvalue weighted by Gasteiger charge is 2.03. The Morgan fingerprint density at radius 1 is 1.22 bits per heavy atom. The Labute approximate surface area is 107 Å². The average molecular weight is 249 g/mol. The van der Waals surface area contributed by atoms with Crippen LogP contribution in [0.4, 0.5) is 4.79 Å². The van der Waals surface area contributed by atoms with Crippen LogP contribution >= 0.6 is 0 Å². The zero-order valence-electron chi connectivity index (χ0n) is 10.7. The minimum absolute atomic E-state index is 0.0644. The molecule has 0 saturated heterocycles. The molecule has 18 heavy (non-hydrogen) atoms. The molecule has 1 aromatic rings. The summed E-state index contributed by atoms with van der Waals surface area (Å²) >= 11 is 0. The maximum atomic E-state index is 11.1. The topological polar surface area (TPSA) is 84.2 Å². The first-order valence-corrected chi connectivity index (χ1v) is 5.88. The molecule has 0 unspecified atom stereocenters. The van der Waals surface area contributed by atoms with E-state index in [-0.39, 0.29) is 6.54 Å². The predicted molar refractivity (Wildman–Crippen MR) is 70.0 cm³/mol. The first-order chi connectivity index (χ1) is 8.49. The Bertz CT molecular complexity index is 413. The van der Waals surface area contributed by atoms with Crippen LogP contribution in [0, 0.1) is 0 Å². The Balaban J connectivity index is 2.35. The lowest BCUT2D eigenvalue weighted by Gasteiger charge is -2.07. The summed E-state index contributed by atoms with van der Waals surface area (Å²) in [7, 11) is 0. The molecule has 0 bridgehead atoms. The van der Waals surface area contributed by atoms with Gasteiger partial charge in [-0.2, -0.15) is 0 Å². The highest BCUT2D eigenvalue weighted by molar-refractivity contribution is 5.94. The summed E-state index contributed by atoms with van der Waals surface area (Å²) < 4.78 is 0. The third kappa shape index (κ3) is 4.97. The second-order valence-electron chi connectivity index (χ2n) is 4.41. The van der Waals surface area contributed by atoms with Crippen molar-refractivity contribution < 1.29 is 9.59 Å². The maximum absolute atomic E-state index is 11.1. The molecule has 3 amide bonds. The molecule has 0 atom stereocenters. The first-order valence-electron chi connectivity index (χ1n) is 5.88. The predicted octanol–water partition coefficient (Wildman–Crippen LogP) is 1.09. The summed E-state index contributed by atoms with van der Waals surface area (Å²) in [6, 6.07) is 7.36. The molecule has 0 spiro atoms. The molecule has 1 rings (SSSR count). The van der Waals surface area contributed by atoms with Gasteiger partial charge < -0.3 is 11.1 Å². The SMILES string of the molecule is CC(C)c1ccc(CNCC(=O)NC(N)=O)cc1. The molecule has 0 saturated carbocycles. The number of rotatable bonds is 5. The molecule has 4 N–H and O–H groups in total. The number of carbonyl (C=O) groups excluding carboxylic acids is 2. The summed E-state index contributed by atoms with van der Waals surface area (Å²) in [6.45, 7) is 4.92. The van der Waals surface area contributed by atoms with E-state index in [0.717, 1.165) is 5.56 Å². The van der Waals surface area contributed by atoms with E-state index in [2.05, 4.69) is 31.3 Å². The van der Waals surface area contributed by atoms with Gasteiger partial charge in [-0.05, 0) is 17.0 Å². The van der Waals surface area contributed by atoms with Crippen molar-refractivity contribution in [1.29, 1.82) is 0 Å². The van der Waals surface area contributed by atoms with Crippen LogP contribution in [0.1, 0.15) is 30.9 Å². The lowest BCUT2D eigenvalue weighted by Crippen LogP contribution is -2.40. The highest BCUT2D eigenvalue weighted by Crippen LogP contribution is 2.14. The van der Waals surface area contributed by atoms with Gasteiger partial charge in [-0.1, -0.05) is 38.1 Å². The molecule has 1 aromatic carbocycles. The zero-order chi connectivity index (χ0) is 13.5. The number of nitrogens with two attached hydrogens (primary N) is 1. The normalized spacial score (nSPS) is 10.4. The minimum atomic E-state index is -0.830. The molecule has 0 radical (unpaired) electrons. The fraction of sp³-hybridized carbons (Fsp3) is 0.385. The van der Waals surface area contributed by atoms with E-state index in [9.17, 15) is 9.59 Å². The van der Waals surface area contributed by atoms with E-state index >= 15 is 0 Å². The lowest BCUT2D eigenvalue weighted by molar-refractivity contribution is -0.119. The standard InChI is InChI=1S/C13H19N3O2/c1-9(2)11-5-3-10(4-6-11)7-15-8-12(17)16-13(14)18/h3-6,9,15H,7-8H2,1-2H3,(H3,14,16,17,18). The van der Waals surface area contributed by atoms with Crippen LogP contribution < -0.4 is 16.4 Å². The average Bonchev–Trinajstić information content (AvgIpc) is 2.28. The Kier molecular flexibility index (Phi) is 5.32. The second-order valence-corrected chi connectivity index (χ2v) is 4.41. The number of primary amides is 1. The first kappa shape index (κ1) is 14.2. The van der Waals surface area contributed by atoms with Gasteiger partial charge in [-0.15, -0.1) is 0 Å². The monoisotopic (exact) mass is 249 g/mol. The van der Waals surface area contributed by atoms with Gasteiger partial charge in [0.15, 0.2) is 0 Å². The third-order valence-corrected chi connectivity index (χ3v) is 2.52.